The van der Waals surface area contributed by atoms with Crippen LogP contribution in [0.2, 0.25) is 0 Å². The lowest BCUT2D eigenvalue weighted by atomic mass is 9.96. The molecule has 2 aromatic carbocycles. The second kappa shape index (κ2) is 10.5. The van der Waals surface area contributed by atoms with Crippen molar-refractivity contribution in [3.8, 4) is 0 Å². The molecular weight excluding hydrogens is 404 g/mol. The maximum atomic E-state index is 13.0. The molecule has 1 heterocycles. The molecule has 3 aromatic rings. The average molecular weight is 433 g/mol. The highest BCUT2D eigenvalue weighted by Crippen LogP contribution is 2.18. The summed E-state index contributed by atoms with van der Waals surface area (Å²) in [5, 5.41) is 5.46. The zero-order chi connectivity index (χ0) is 23.0. The van der Waals surface area contributed by atoms with Crippen LogP contribution < -0.4 is 10.6 Å². The van der Waals surface area contributed by atoms with Crippen molar-refractivity contribution in [1.29, 1.82) is 0 Å². The standard InChI is InChI=1S/C25H28N4O3/c1-25(2,3)23-26-15-20(16-27-23)28-22(30)21(14-18-10-6-4-7-11-18)29-24(31)32-17-19-12-8-5-9-13-19/h4-13,15-16,21H,14,17H2,1-3H3,(H,28,30)(H,29,31)/t21-/m0/s1. The van der Waals surface area contributed by atoms with E-state index >= 15 is 0 Å². The van der Waals surface area contributed by atoms with Gasteiger partial charge in [0.15, 0.2) is 0 Å². The number of carbonyl (C=O) groups excluding carboxylic acids is 2. The molecule has 7 nitrogen and oxygen atoms in total. The minimum absolute atomic E-state index is 0.119. The minimum atomic E-state index is -0.831. The lowest BCUT2D eigenvalue weighted by Crippen LogP contribution is -2.45. The van der Waals surface area contributed by atoms with Gasteiger partial charge in [-0.2, -0.15) is 0 Å². The number of amides is 2. The van der Waals surface area contributed by atoms with Crippen LogP contribution in [-0.2, 0) is 28.0 Å². The molecule has 0 bridgehead atoms. The molecule has 2 amide bonds. The average Bonchev–Trinajstić information content (AvgIpc) is 2.78. The van der Waals surface area contributed by atoms with E-state index in [1.807, 2.05) is 81.4 Å². The van der Waals surface area contributed by atoms with Crippen LogP contribution in [0.4, 0.5) is 10.5 Å². The monoisotopic (exact) mass is 432 g/mol. The number of ether oxygens (including phenoxy) is 1. The Bertz CT molecular complexity index is 1020. The number of carbonyl (C=O) groups is 2. The Hall–Kier alpha value is -3.74. The summed E-state index contributed by atoms with van der Waals surface area (Å²) in [6.07, 6.45) is 2.79. The van der Waals surface area contributed by atoms with Gasteiger partial charge >= 0.3 is 6.09 Å². The quantitative estimate of drug-likeness (QED) is 0.582. The van der Waals surface area contributed by atoms with Gasteiger partial charge in [-0.25, -0.2) is 14.8 Å². The summed E-state index contributed by atoms with van der Waals surface area (Å²) in [5.41, 5.74) is 2.04. The van der Waals surface area contributed by atoms with Gasteiger partial charge in [0.2, 0.25) is 5.91 Å². The van der Waals surface area contributed by atoms with Crippen LogP contribution in [0.5, 0.6) is 0 Å². The molecule has 0 aliphatic heterocycles. The molecule has 7 heteroatoms. The summed E-state index contributed by atoms with van der Waals surface area (Å²) in [5.74, 6) is 0.302. The fraction of sp³-hybridized carbons (Fsp3) is 0.280. The fourth-order valence-electron chi connectivity index (χ4n) is 2.98. The van der Waals surface area contributed by atoms with Gasteiger partial charge in [-0.3, -0.25) is 4.79 Å². The van der Waals surface area contributed by atoms with Gasteiger partial charge in [0.05, 0.1) is 18.1 Å². The molecule has 3 rings (SSSR count). The predicted octanol–water partition coefficient (Wildman–Crippen LogP) is 4.25. The zero-order valence-corrected chi connectivity index (χ0v) is 18.5. The number of hydrogen-bond donors (Lipinski definition) is 2. The van der Waals surface area contributed by atoms with Crippen molar-refractivity contribution in [2.75, 3.05) is 5.32 Å². The Kier molecular flexibility index (Phi) is 7.54. The molecule has 0 saturated heterocycles. The van der Waals surface area contributed by atoms with E-state index in [0.29, 0.717) is 17.9 Å². The molecule has 0 fully saturated rings. The summed E-state index contributed by atoms with van der Waals surface area (Å²) in [7, 11) is 0. The smallest absolute Gasteiger partial charge is 0.408 e. The molecule has 2 N–H and O–H groups in total. The molecule has 0 saturated carbocycles. The number of nitrogens with one attached hydrogen (secondary N) is 2. The fourth-order valence-corrected chi connectivity index (χ4v) is 2.98. The van der Waals surface area contributed by atoms with E-state index < -0.39 is 12.1 Å². The third-order valence-electron chi connectivity index (χ3n) is 4.69. The first kappa shape index (κ1) is 22.9. The summed E-state index contributed by atoms with van der Waals surface area (Å²) in [6, 6.07) is 18.0. The molecule has 0 aliphatic rings. The van der Waals surface area contributed by atoms with Gasteiger partial charge in [0.25, 0.3) is 0 Å². The Labute approximate surface area is 188 Å². The molecule has 166 valence electrons. The SMILES string of the molecule is CC(C)(C)c1ncc(NC(=O)[C@H](Cc2ccccc2)NC(=O)OCc2ccccc2)cn1. The van der Waals surface area contributed by atoms with E-state index in [0.717, 1.165) is 11.1 Å². The van der Waals surface area contributed by atoms with E-state index in [4.69, 9.17) is 4.74 Å². The van der Waals surface area contributed by atoms with Crippen molar-refractivity contribution in [2.45, 2.75) is 45.3 Å². The Morgan fingerprint density at radius 1 is 0.906 bits per heavy atom. The minimum Gasteiger partial charge on any atom is -0.445 e. The van der Waals surface area contributed by atoms with E-state index in [1.54, 1.807) is 12.4 Å². The third-order valence-corrected chi connectivity index (χ3v) is 4.69. The number of nitrogens with zero attached hydrogens (tertiary/aromatic N) is 2. The molecule has 1 aromatic heterocycles. The second-order valence-corrected chi connectivity index (χ2v) is 8.48. The largest absolute Gasteiger partial charge is 0.445 e. The van der Waals surface area contributed by atoms with Crippen LogP contribution in [0.1, 0.15) is 37.7 Å². The van der Waals surface area contributed by atoms with Crippen molar-refractivity contribution in [3.05, 3.63) is 90.0 Å². The third kappa shape index (κ3) is 6.91. The molecule has 0 unspecified atom stereocenters. The summed E-state index contributed by atoms with van der Waals surface area (Å²) < 4.78 is 5.30. The van der Waals surface area contributed by atoms with Crippen LogP contribution in [0.25, 0.3) is 0 Å². The lowest BCUT2D eigenvalue weighted by Gasteiger charge is -2.19. The van der Waals surface area contributed by atoms with Gasteiger partial charge in [-0.1, -0.05) is 81.4 Å². The molecular formula is C25H28N4O3. The van der Waals surface area contributed by atoms with Gasteiger partial charge in [-0.15, -0.1) is 0 Å². The van der Waals surface area contributed by atoms with Crippen LogP contribution in [0.15, 0.2) is 73.1 Å². The Morgan fingerprint density at radius 2 is 1.47 bits per heavy atom. The first-order valence-electron chi connectivity index (χ1n) is 10.5. The van der Waals surface area contributed by atoms with Crippen molar-refractivity contribution >= 4 is 17.7 Å². The van der Waals surface area contributed by atoms with Crippen molar-refractivity contribution in [2.24, 2.45) is 0 Å². The highest BCUT2D eigenvalue weighted by Gasteiger charge is 2.23. The maximum Gasteiger partial charge on any atom is 0.408 e. The number of anilines is 1. The van der Waals surface area contributed by atoms with Gasteiger partial charge < -0.3 is 15.4 Å². The van der Waals surface area contributed by atoms with Gasteiger partial charge in [0, 0.05) is 11.8 Å². The summed E-state index contributed by atoms with van der Waals surface area (Å²) in [4.78, 5) is 34.0. The predicted molar refractivity (Wildman–Crippen MR) is 123 cm³/mol. The highest BCUT2D eigenvalue weighted by molar-refractivity contribution is 5.96. The maximum absolute atomic E-state index is 13.0. The topological polar surface area (TPSA) is 93.2 Å². The number of alkyl carbamates (subject to hydrolysis) is 1. The van der Waals surface area contributed by atoms with Crippen molar-refractivity contribution in [1.82, 2.24) is 15.3 Å². The first-order chi connectivity index (χ1) is 15.3. The molecule has 0 aliphatic carbocycles. The number of benzene rings is 2. The molecule has 0 radical (unpaired) electrons. The van der Waals surface area contributed by atoms with E-state index in [1.165, 1.54) is 0 Å². The van der Waals surface area contributed by atoms with E-state index in [-0.39, 0.29) is 17.9 Å². The Balaban J connectivity index is 1.67. The van der Waals surface area contributed by atoms with Gasteiger partial charge in [-0.05, 0) is 11.1 Å². The normalized spacial score (nSPS) is 12.0. The van der Waals surface area contributed by atoms with Gasteiger partial charge in [0.1, 0.15) is 18.5 Å². The number of aromatic nitrogens is 2. The van der Waals surface area contributed by atoms with Crippen molar-refractivity contribution < 1.29 is 14.3 Å². The van der Waals surface area contributed by atoms with Crippen LogP contribution >= 0.6 is 0 Å². The molecule has 1 atom stereocenters. The first-order valence-corrected chi connectivity index (χ1v) is 10.5. The van der Waals surface area contributed by atoms with Crippen LogP contribution in [-0.4, -0.2) is 28.0 Å². The number of rotatable bonds is 7. The highest BCUT2D eigenvalue weighted by atomic mass is 16.5. The Morgan fingerprint density at radius 3 is 2.03 bits per heavy atom. The van der Waals surface area contributed by atoms with E-state index in [2.05, 4.69) is 20.6 Å². The molecule has 0 spiro atoms. The summed E-state index contributed by atoms with van der Waals surface area (Å²) >= 11 is 0. The van der Waals surface area contributed by atoms with Crippen LogP contribution in [0, 0.1) is 0 Å². The lowest BCUT2D eigenvalue weighted by molar-refractivity contribution is -0.118. The van der Waals surface area contributed by atoms with Crippen LogP contribution in [0.3, 0.4) is 0 Å². The summed E-state index contributed by atoms with van der Waals surface area (Å²) in [6.45, 7) is 6.17. The van der Waals surface area contributed by atoms with Crippen molar-refractivity contribution in [3.63, 3.8) is 0 Å². The second-order valence-electron chi connectivity index (χ2n) is 8.48. The molecule has 32 heavy (non-hydrogen) atoms. The van der Waals surface area contributed by atoms with E-state index in [9.17, 15) is 9.59 Å². The zero-order valence-electron chi connectivity index (χ0n) is 18.5. The number of hydrogen-bond acceptors (Lipinski definition) is 5.